The van der Waals surface area contributed by atoms with Crippen LogP contribution in [0.2, 0.25) is 0 Å². The van der Waals surface area contributed by atoms with E-state index in [1.807, 2.05) is 48.5 Å². The number of benzene rings is 2. The van der Waals surface area contributed by atoms with E-state index >= 15 is 0 Å². The van der Waals surface area contributed by atoms with Crippen LogP contribution in [-0.2, 0) is 13.0 Å². The zero-order valence-electron chi connectivity index (χ0n) is 14.2. The van der Waals surface area contributed by atoms with Gasteiger partial charge in [-0.3, -0.25) is 0 Å². The number of amides is 2. The number of urea groups is 1. The number of methoxy groups -OCH3 is 1. The number of nitrogens with one attached hydrogen (secondary N) is 1. The summed E-state index contributed by atoms with van der Waals surface area (Å²) in [6.07, 6.45) is 0.957. The second kappa shape index (κ2) is 8.93. The number of hydrogen-bond donors (Lipinski definition) is 2. The molecule has 0 radical (unpaired) electrons. The molecular weight excluding hydrogens is 304 g/mol. The van der Waals surface area contributed by atoms with E-state index in [-0.39, 0.29) is 19.2 Å². The van der Waals surface area contributed by atoms with Gasteiger partial charge in [-0.05, 0) is 30.2 Å². The summed E-state index contributed by atoms with van der Waals surface area (Å²) in [4.78, 5) is 14.1. The predicted molar refractivity (Wildman–Crippen MR) is 95.3 cm³/mol. The lowest BCUT2D eigenvalue weighted by Gasteiger charge is -2.23. The van der Waals surface area contributed by atoms with Crippen LogP contribution in [0.3, 0.4) is 0 Å². The van der Waals surface area contributed by atoms with Crippen molar-refractivity contribution in [2.45, 2.75) is 19.9 Å². The number of nitrogens with zero attached hydrogens (tertiary/aromatic N) is 1. The van der Waals surface area contributed by atoms with E-state index in [1.165, 1.54) is 5.56 Å². The molecule has 0 saturated heterocycles. The number of para-hydroxylation sites is 1. The van der Waals surface area contributed by atoms with E-state index in [9.17, 15) is 9.90 Å². The summed E-state index contributed by atoms with van der Waals surface area (Å²) in [6.45, 7) is 2.60. The average molecular weight is 328 g/mol. The Bertz CT molecular complexity index is 656. The highest BCUT2D eigenvalue weighted by Gasteiger charge is 2.15. The van der Waals surface area contributed by atoms with Gasteiger partial charge in [0.2, 0.25) is 0 Å². The number of aryl methyl sites for hydroxylation is 1. The Labute approximate surface area is 142 Å². The van der Waals surface area contributed by atoms with Crippen LogP contribution in [0.1, 0.15) is 18.1 Å². The van der Waals surface area contributed by atoms with Crippen molar-refractivity contribution in [1.29, 1.82) is 0 Å². The predicted octanol–water partition coefficient (Wildman–Crippen LogP) is 3.28. The van der Waals surface area contributed by atoms with Crippen LogP contribution in [0.5, 0.6) is 5.75 Å². The molecule has 0 saturated carbocycles. The first-order valence-electron chi connectivity index (χ1n) is 8.05. The molecule has 2 amide bonds. The zero-order valence-corrected chi connectivity index (χ0v) is 14.2. The lowest BCUT2D eigenvalue weighted by Crippen LogP contribution is -2.36. The maximum Gasteiger partial charge on any atom is 0.322 e. The van der Waals surface area contributed by atoms with Gasteiger partial charge in [0.05, 0.1) is 20.3 Å². The van der Waals surface area contributed by atoms with Crippen LogP contribution < -0.4 is 10.1 Å². The first-order chi connectivity index (χ1) is 11.7. The SMILES string of the molecule is CCc1ccc(NC(=O)N(CCO)Cc2ccccc2OC)cc1. The molecular formula is C19H24N2O3. The Morgan fingerprint density at radius 2 is 1.88 bits per heavy atom. The fourth-order valence-corrected chi connectivity index (χ4v) is 2.44. The van der Waals surface area contributed by atoms with Crippen molar-refractivity contribution in [3.05, 3.63) is 59.7 Å². The molecule has 0 aromatic heterocycles. The summed E-state index contributed by atoms with van der Waals surface area (Å²) in [7, 11) is 1.60. The molecule has 2 aromatic rings. The quantitative estimate of drug-likeness (QED) is 0.820. The van der Waals surface area contributed by atoms with Crippen molar-refractivity contribution in [2.24, 2.45) is 0 Å². The number of aliphatic hydroxyl groups is 1. The van der Waals surface area contributed by atoms with Crippen LogP contribution in [-0.4, -0.2) is 36.3 Å². The van der Waals surface area contributed by atoms with Crippen molar-refractivity contribution < 1.29 is 14.6 Å². The third-order valence-electron chi connectivity index (χ3n) is 3.82. The molecule has 0 atom stereocenters. The number of carbonyl (C=O) groups is 1. The van der Waals surface area contributed by atoms with Crippen molar-refractivity contribution in [2.75, 3.05) is 25.6 Å². The summed E-state index contributed by atoms with van der Waals surface area (Å²) in [6, 6.07) is 15.1. The van der Waals surface area contributed by atoms with Crippen LogP contribution in [0.4, 0.5) is 10.5 Å². The highest BCUT2D eigenvalue weighted by atomic mass is 16.5. The topological polar surface area (TPSA) is 61.8 Å². The summed E-state index contributed by atoms with van der Waals surface area (Å²) in [5.74, 6) is 0.723. The third-order valence-corrected chi connectivity index (χ3v) is 3.82. The molecule has 0 unspecified atom stereocenters. The zero-order chi connectivity index (χ0) is 17.4. The van der Waals surface area contributed by atoms with Crippen molar-refractivity contribution >= 4 is 11.7 Å². The number of aliphatic hydroxyl groups excluding tert-OH is 1. The van der Waals surface area contributed by atoms with Gasteiger partial charge in [0.1, 0.15) is 5.75 Å². The third kappa shape index (κ3) is 4.73. The Hall–Kier alpha value is -2.53. The average Bonchev–Trinajstić information content (AvgIpc) is 2.62. The maximum atomic E-state index is 12.5. The van der Waals surface area contributed by atoms with E-state index in [4.69, 9.17) is 4.74 Å². The summed E-state index contributed by atoms with van der Waals surface area (Å²) < 4.78 is 5.33. The highest BCUT2D eigenvalue weighted by Crippen LogP contribution is 2.20. The monoisotopic (exact) mass is 328 g/mol. The van der Waals surface area contributed by atoms with Gasteiger partial charge in [0, 0.05) is 17.8 Å². The lowest BCUT2D eigenvalue weighted by molar-refractivity contribution is 0.184. The number of carbonyl (C=O) groups excluding carboxylic acids is 1. The first kappa shape index (κ1) is 17.8. The molecule has 0 bridgehead atoms. The largest absolute Gasteiger partial charge is 0.496 e. The number of anilines is 1. The Morgan fingerprint density at radius 3 is 2.50 bits per heavy atom. The van der Waals surface area contributed by atoms with Gasteiger partial charge in [-0.1, -0.05) is 37.3 Å². The number of rotatable bonds is 7. The van der Waals surface area contributed by atoms with E-state index in [0.29, 0.717) is 6.54 Å². The summed E-state index contributed by atoms with van der Waals surface area (Å²) in [5, 5.41) is 12.1. The smallest absolute Gasteiger partial charge is 0.322 e. The molecule has 0 aliphatic rings. The molecule has 0 heterocycles. The van der Waals surface area contributed by atoms with E-state index in [1.54, 1.807) is 12.0 Å². The molecule has 2 N–H and O–H groups in total. The van der Waals surface area contributed by atoms with Gasteiger partial charge in [-0.15, -0.1) is 0 Å². The Morgan fingerprint density at radius 1 is 1.17 bits per heavy atom. The Balaban J connectivity index is 2.09. The fraction of sp³-hybridized carbons (Fsp3) is 0.316. The van der Waals surface area contributed by atoms with Crippen molar-refractivity contribution in [1.82, 2.24) is 4.90 Å². The molecule has 5 nitrogen and oxygen atoms in total. The van der Waals surface area contributed by atoms with Crippen LogP contribution in [0.25, 0.3) is 0 Å². The van der Waals surface area contributed by atoms with E-state index in [2.05, 4.69) is 12.2 Å². The maximum absolute atomic E-state index is 12.5. The van der Waals surface area contributed by atoms with Gasteiger partial charge in [-0.25, -0.2) is 4.79 Å². The molecule has 0 aliphatic carbocycles. The van der Waals surface area contributed by atoms with E-state index < -0.39 is 0 Å². The molecule has 0 spiro atoms. The van der Waals surface area contributed by atoms with Crippen LogP contribution >= 0.6 is 0 Å². The van der Waals surface area contributed by atoms with Gasteiger partial charge in [0.25, 0.3) is 0 Å². The number of hydrogen-bond acceptors (Lipinski definition) is 3. The van der Waals surface area contributed by atoms with Gasteiger partial charge < -0.3 is 20.1 Å². The molecule has 2 aromatic carbocycles. The minimum Gasteiger partial charge on any atom is -0.496 e. The molecule has 128 valence electrons. The molecule has 2 rings (SSSR count). The normalized spacial score (nSPS) is 10.3. The minimum atomic E-state index is -0.251. The van der Waals surface area contributed by atoms with Gasteiger partial charge in [-0.2, -0.15) is 0 Å². The summed E-state index contributed by atoms with van der Waals surface area (Å²) in [5.41, 5.74) is 2.85. The second-order valence-electron chi connectivity index (χ2n) is 5.44. The summed E-state index contributed by atoms with van der Waals surface area (Å²) >= 11 is 0. The van der Waals surface area contributed by atoms with Crippen LogP contribution in [0, 0.1) is 0 Å². The first-order valence-corrected chi connectivity index (χ1v) is 8.05. The number of ether oxygens (including phenoxy) is 1. The van der Waals surface area contributed by atoms with Gasteiger partial charge in [0.15, 0.2) is 0 Å². The molecule has 24 heavy (non-hydrogen) atoms. The molecule has 5 heteroatoms. The van der Waals surface area contributed by atoms with E-state index in [0.717, 1.165) is 23.4 Å². The standard InChI is InChI=1S/C19H24N2O3/c1-3-15-8-10-17(11-9-15)20-19(23)21(12-13-22)14-16-6-4-5-7-18(16)24-2/h4-11,22H,3,12-14H2,1-2H3,(H,20,23). The van der Waals surface area contributed by atoms with Gasteiger partial charge >= 0.3 is 6.03 Å². The van der Waals surface area contributed by atoms with Crippen molar-refractivity contribution in [3.8, 4) is 5.75 Å². The van der Waals surface area contributed by atoms with Crippen LogP contribution in [0.15, 0.2) is 48.5 Å². The Kier molecular flexibility index (Phi) is 6.63. The molecule has 0 fully saturated rings. The lowest BCUT2D eigenvalue weighted by atomic mass is 10.1. The fourth-order valence-electron chi connectivity index (χ4n) is 2.44. The minimum absolute atomic E-state index is 0.0999. The van der Waals surface area contributed by atoms with Crippen molar-refractivity contribution in [3.63, 3.8) is 0 Å². The highest BCUT2D eigenvalue weighted by molar-refractivity contribution is 5.89. The molecule has 0 aliphatic heterocycles. The second-order valence-corrected chi connectivity index (χ2v) is 5.44.